The highest BCUT2D eigenvalue weighted by Crippen LogP contribution is 2.37. The van der Waals surface area contributed by atoms with Gasteiger partial charge in [-0.15, -0.1) is 0 Å². The van der Waals surface area contributed by atoms with Gasteiger partial charge in [0, 0.05) is 30.4 Å². The van der Waals surface area contributed by atoms with E-state index in [4.69, 9.17) is 9.47 Å². The summed E-state index contributed by atoms with van der Waals surface area (Å²) < 4.78 is 10.7. The van der Waals surface area contributed by atoms with Crippen LogP contribution in [0.15, 0.2) is 36.4 Å². The molecule has 1 amide bonds. The van der Waals surface area contributed by atoms with Crippen molar-refractivity contribution in [3.63, 3.8) is 0 Å². The summed E-state index contributed by atoms with van der Waals surface area (Å²) in [4.78, 5) is 17.8. The van der Waals surface area contributed by atoms with Crippen LogP contribution in [0.25, 0.3) is 0 Å². The van der Waals surface area contributed by atoms with Gasteiger partial charge in [0.1, 0.15) is 0 Å². The lowest BCUT2D eigenvalue weighted by Crippen LogP contribution is -2.78. The molecule has 6 heteroatoms. The normalized spacial score (nSPS) is 21.5. The number of amides is 1. The van der Waals surface area contributed by atoms with Crippen LogP contribution in [-0.4, -0.2) is 57.2 Å². The number of carbonyl (C=O) groups is 1. The van der Waals surface area contributed by atoms with E-state index in [1.807, 2.05) is 44.2 Å². The van der Waals surface area contributed by atoms with Gasteiger partial charge < -0.3 is 19.7 Å². The Morgan fingerprint density at radius 2 is 1.83 bits per heavy atom. The Balaban J connectivity index is 1.49. The number of ether oxygens (including phenoxy) is 2. The van der Waals surface area contributed by atoms with Crippen molar-refractivity contribution in [3.05, 3.63) is 53.1 Å². The van der Waals surface area contributed by atoms with E-state index in [1.54, 1.807) is 14.2 Å². The molecular weight excluding hydrogens is 366 g/mol. The van der Waals surface area contributed by atoms with Crippen LogP contribution < -0.4 is 19.7 Å². The van der Waals surface area contributed by atoms with Crippen LogP contribution in [0.4, 0.5) is 5.69 Å². The van der Waals surface area contributed by atoms with Crippen molar-refractivity contribution in [2.45, 2.75) is 32.0 Å². The van der Waals surface area contributed by atoms with Gasteiger partial charge in [0.25, 0.3) is 5.91 Å². The number of piperazine rings is 1. The molecule has 2 aromatic rings. The molecule has 2 heterocycles. The van der Waals surface area contributed by atoms with Gasteiger partial charge in [-0.2, -0.15) is 0 Å². The van der Waals surface area contributed by atoms with Gasteiger partial charge in [-0.05, 0) is 56.3 Å². The Kier molecular flexibility index (Phi) is 5.13. The molecule has 0 aromatic heterocycles. The van der Waals surface area contributed by atoms with Gasteiger partial charge in [0.15, 0.2) is 11.5 Å². The van der Waals surface area contributed by atoms with Gasteiger partial charge in [-0.1, -0.05) is 12.1 Å². The number of benzene rings is 2. The third-order valence-electron chi connectivity index (χ3n) is 6.32. The molecule has 29 heavy (non-hydrogen) atoms. The first kappa shape index (κ1) is 19.6. The number of nitrogens with zero attached hydrogens (tertiary/aromatic N) is 2. The number of hydrogen-bond acceptors (Lipinski definition) is 5. The highest BCUT2D eigenvalue weighted by atomic mass is 16.5. The topological polar surface area (TPSA) is 54.0 Å². The predicted molar refractivity (Wildman–Crippen MR) is 114 cm³/mol. The maximum absolute atomic E-state index is 13.0. The summed E-state index contributed by atoms with van der Waals surface area (Å²) in [7, 11) is 5.39. The van der Waals surface area contributed by atoms with Crippen LogP contribution in [0.2, 0.25) is 0 Å². The molecule has 2 aliphatic rings. The summed E-state index contributed by atoms with van der Waals surface area (Å²) in [5.41, 5.74) is 3.81. The standard InChI is InChI=1S/C23H29N3O3/c1-14-6-8-17(26-13-19-20(26)12-25(19)3)11-18(14)23(27)24-15(2)16-7-9-21(28-4)22(10-16)29-5/h6-11,15,19-20H,12-13H2,1-5H3,(H,24,27)/t15-,19?,20?/m1/s1. The fourth-order valence-electron chi connectivity index (χ4n) is 4.28. The highest BCUT2D eigenvalue weighted by molar-refractivity contribution is 5.97. The smallest absolute Gasteiger partial charge is 0.252 e. The largest absolute Gasteiger partial charge is 0.493 e. The lowest BCUT2D eigenvalue weighted by Gasteiger charge is -2.62. The van der Waals surface area contributed by atoms with Crippen molar-refractivity contribution in [2.24, 2.45) is 0 Å². The number of carbonyl (C=O) groups excluding carboxylic acids is 1. The molecule has 2 fully saturated rings. The zero-order valence-corrected chi connectivity index (χ0v) is 17.7. The number of nitrogens with one attached hydrogen (secondary N) is 1. The minimum absolute atomic E-state index is 0.0607. The zero-order chi connectivity index (χ0) is 20.7. The summed E-state index contributed by atoms with van der Waals surface area (Å²) in [6.45, 7) is 6.09. The molecule has 0 bridgehead atoms. The summed E-state index contributed by atoms with van der Waals surface area (Å²) >= 11 is 0. The van der Waals surface area contributed by atoms with Gasteiger partial charge in [-0.25, -0.2) is 0 Å². The number of likely N-dealkylation sites (N-methyl/N-ethyl adjacent to an activating group) is 1. The van der Waals surface area contributed by atoms with Crippen molar-refractivity contribution in [1.82, 2.24) is 10.2 Å². The Bertz CT molecular complexity index is 930. The minimum Gasteiger partial charge on any atom is -0.493 e. The quantitative estimate of drug-likeness (QED) is 0.815. The van der Waals surface area contributed by atoms with Crippen molar-refractivity contribution in [3.8, 4) is 11.5 Å². The maximum Gasteiger partial charge on any atom is 0.252 e. The molecule has 4 rings (SSSR count). The van der Waals surface area contributed by atoms with E-state index in [9.17, 15) is 4.79 Å². The van der Waals surface area contributed by atoms with E-state index < -0.39 is 0 Å². The van der Waals surface area contributed by atoms with E-state index in [1.165, 1.54) is 0 Å². The number of anilines is 1. The fraction of sp³-hybridized carbons (Fsp3) is 0.435. The van der Waals surface area contributed by atoms with Crippen LogP contribution in [0, 0.1) is 6.92 Å². The molecule has 0 saturated carbocycles. The second-order valence-electron chi connectivity index (χ2n) is 8.04. The van der Waals surface area contributed by atoms with Crippen LogP contribution in [0.3, 0.4) is 0 Å². The Morgan fingerprint density at radius 1 is 1.07 bits per heavy atom. The van der Waals surface area contributed by atoms with Crippen LogP contribution in [0.5, 0.6) is 11.5 Å². The molecule has 3 atom stereocenters. The zero-order valence-electron chi connectivity index (χ0n) is 17.7. The Morgan fingerprint density at radius 3 is 2.45 bits per heavy atom. The molecular formula is C23H29N3O3. The van der Waals surface area contributed by atoms with E-state index in [0.29, 0.717) is 23.6 Å². The van der Waals surface area contributed by atoms with Crippen LogP contribution >= 0.6 is 0 Å². The minimum atomic E-state index is -0.154. The summed E-state index contributed by atoms with van der Waals surface area (Å²) in [5.74, 6) is 1.27. The highest BCUT2D eigenvalue weighted by Gasteiger charge is 2.49. The molecule has 6 nitrogen and oxygen atoms in total. The number of fused-ring (bicyclic) bond motifs is 1. The molecule has 0 aliphatic carbocycles. The van der Waals surface area contributed by atoms with Crippen LogP contribution in [0.1, 0.15) is 34.5 Å². The first-order valence-corrected chi connectivity index (χ1v) is 10.0. The fourth-order valence-corrected chi connectivity index (χ4v) is 4.28. The van der Waals surface area contributed by atoms with Crippen LogP contribution in [-0.2, 0) is 0 Å². The molecule has 0 radical (unpaired) electrons. The number of methoxy groups -OCH3 is 2. The second-order valence-corrected chi connectivity index (χ2v) is 8.04. The SMILES string of the molecule is COc1ccc([C@@H](C)NC(=O)c2cc(N3CC4C3CN4C)ccc2C)cc1OC. The van der Waals surface area contributed by atoms with E-state index in [-0.39, 0.29) is 11.9 Å². The van der Waals surface area contributed by atoms with Crippen molar-refractivity contribution in [2.75, 3.05) is 39.3 Å². The number of hydrogen-bond donors (Lipinski definition) is 1. The lowest BCUT2D eigenvalue weighted by atomic mass is 9.85. The number of likely N-dealkylation sites (tertiary alicyclic amines) is 1. The van der Waals surface area contributed by atoms with Crippen molar-refractivity contribution >= 4 is 11.6 Å². The Labute approximate surface area is 172 Å². The van der Waals surface area contributed by atoms with E-state index in [0.717, 1.165) is 35.5 Å². The average Bonchev–Trinajstić information content (AvgIpc) is 2.72. The molecule has 154 valence electrons. The summed E-state index contributed by atoms with van der Waals surface area (Å²) in [6.07, 6.45) is 0. The lowest BCUT2D eigenvalue weighted by molar-refractivity contribution is 0.0368. The second kappa shape index (κ2) is 7.59. The monoisotopic (exact) mass is 395 g/mol. The van der Waals surface area contributed by atoms with Gasteiger partial charge in [0.05, 0.1) is 26.3 Å². The van der Waals surface area contributed by atoms with Gasteiger partial charge in [-0.3, -0.25) is 9.69 Å². The van der Waals surface area contributed by atoms with Gasteiger partial charge in [0.2, 0.25) is 0 Å². The number of rotatable bonds is 6. The van der Waals surface area contributed by atoms with Gasteiger partial charge >= 0.3 is 0 Å². The number of aryl methyl sites for hydroxylation is 1. The molecule has 0 spiro atoms. The Hall–Kier alpha value is -2.73. The van der Waals surface area contributed by atoms with E-state index >= 15 is 0 Å². The summed E-state index contributed by atoms with van der Waals surface area (Å²) in [5, 5.41) is 3.12. The third-order valence-corrected chi connectivity index (χ3v) is 6.32. The van der Waals surface area contributed by atoms with Crippen molar-refractivity contribution < 1.29 is 14.3 Å². The van der Waals surface area contributed by atoms with E-state index in [2.05, 4.69) is 28.2 Å². The van der Waals surface area contributed by atoms with Crippen molar-refractivity contribution in [1.29, 1.82) is 0 Å². The third kappa shape index (κ3) is 3.42. The molecule has 2 aliphatic heterocycles. The molecule has 2 unspecified atom stereocenters. The predicted octanol–water partition coefficient (Wildman–Crippen LogP) is 3.01. The molecule has 2 saturated heterocycles. The molecule has 2 aromatic carbocycles. The average molecular weight is 396 g/mol. The maximum atomic E-state index is 13.0. The molecule has 1 N–H and O–H groups in total. The first-order chi connectivity index (χ1) is 13.9. The first-order valence-electron chi connectivity index (χ1n) is 10.0. The summed E-state index contributed by atoms with van der Waals surface area (Å²) in [6, 6.07) is 13.0.